The van der Waals surface area contributed by atoms with Crippen LogP contribution in [-0.4, -0.2) is 12.8 Å². The smallest absolute Gasteiger partial charge is 0.151 e. The Balaban J connectivity index is 2.77. The molecular weight excluding hydrogens is 186 g/mol. The van der Waals surface area contributed by atoms with E-state index < -0.39 is 0 Å². The summed E-state index contributed by atoms with van der Waals surface area (Å²) in [7, 11) is 0. The van der Waals surface area contributed by atoms with Crippen molar-refractivity contribution in [2.45, 2.75) is 13.3 Å². The molecule has 0 saturated carbocycles. The van der Waals surface area contributed by atoms with Crippen LogP contribution in [0.3, 0.4) is 0 Å². The summed E-state index contributed by atoms with van der Waals surface area (Å²) in [5.74, 6) is 0. The maximum atomic E-state index is 10.4. The lowest BCUT2D eigenvalue weighted by Gasteiger charge is -2.05. The number of hydrogen-bond donors (Lipinski definition) is 1. The summed E-state index contributed by atoms with van der Waals surface area (Å²) in [6.45, 7) is 3.01. The molecule has 0 unspecified atom stereocenters. The van der Waals surface area contributed by atoms with Gasteiger partial charge in [0.15, 0.2) is 6.29 Å². The number of rotatable bonds is 4. The fraction of sp³-hybridized carbons (Fsp3) is 0.300. The fourth-order valence-electron chi connectivity index (χ4n) is 1.00. The first-order valence-corrected chi connectivity index (χ1v) is 4.64. The zero-order valence-electron chi connectivity index (χ0n) is 7.51. The van der Waals surface area contributed by atoms with Crippen LogP contribution in [0.25, 0.3) is 0 Å². The number of carbonyl (C=O) groups is 1. The third-order valence-electron chi connectivity index (χ3n) is 1.71. The second-order valence-corrected chi connectivity index (χ2v) is 3.19. The summed E-state index contributed by atoms with van der Waals surface area (Å²) in [6, 6.07) is 5.33. The van der Waals surface area contributed by atoms with E-state index in [4.69, 9.17) is 11.6 Å². The van der Waals surface area contributed by atoms with Crippen molar-refractivity contribution in [2.75, 3.05) is 11.9 Å². The molecule has 13 heavy (non-hydrogen) atoms. The van der Waals surface area contributed by atoms with Crippen molar-refractivity contribution in [3.63, 3.8) is 0 Å². The third kappa shape index (κ3) is 2.74. The minimum Gasteiger partial charge on any atom is -0.385 e. The van der Waals surface area contributed by atoms with E-state index in [0.717, 1.165) is 24.9 Å². The van der Waals surface area contributed by atoms with Gasteiger partial charge in [0.05, 0.1) is 5.02 Å². The van der Waals surface area contributed by atoms with Crippen molar-refractivity contribution in [3.05, 3.63) is 28.8 Å². The Morgan fingerprint density at radius 1 is 1.54 bits per heavy atom. The van der Waals surface area contributed by atoms with Crippen LogP contribution in [0.5, 0.6) is 0 Å². The van der Waals surface area contributed by atoms with Crippen LogP contribution in [0.2, 0.25) is 5.02 Å². The highest BCUT2D eigenvalue weighted by Crippen LogP contribution is 2.19. The first kappa shape index (κ1) is 10.1. The lowest BCUT2D eigenvalue weighted by Crippen LogP contribution is -1.99. The molecule has 0 atom stereocenters. The molecule has 0 aliphatic rings. The SMILES string of the molecule is CCCNc1ccc(C=O)c(Cl)c1. The van der Waals surface area contributed by atoms with Crippen LogP contribution in [0.1, 0.15) is 23.7 Å². The molecule has 1 aromatic rings. The van der Waals surface area contributed by atoms with Gasteiger partial charge in [0.25, 0.3) is 0 Å². The highest BCUT2D eigenvalue weighted by atomic mass is 35.5. The number of halogens is 1. The number of nitrogens with one attached hydrogen (secondary N) is 1. The summed E-state index contributed by atoms with van der Waals surface area (Å²) in [4.78, 5) is 10.4. The molecule has 0 amide bonds. The van der Waals surface area contributed by atoms with Crippen LogP contribution in [0.4, 0.5) is 5.69 Å². The van der Waals surface area contributed by atoms with E-state index in [1.165, 1.54) is 0 Å². The molecule has 0 spiro atoms. The zero-order valence-corrected chi connectivity index (χ0v) is 8.27. The molecule has 0 saturated heterocycles. The van der Waals surface area contributed by atoms with Gasteiger partial charge in [0.2, 0.25) is 0 Å². The van der Waals surface area contributed by atoms with Crippen LogP contribution < -0.4 is 5.32 Å². The third-order valence-corrected chi connectivity index (χ3v) is 2.03. The predicted octanol–water partition coefficient (Wildman–Crippen LogP) is 2.97. The van der Waals surface area contributed by atoms with Crippen molar-refractivity contribution < 1.29 is 4.79 Å². The van der Waals surface area contributed by atoms with E-state index >= 15 is 0 Å². The Morgan fingerprint density at radius 2 is 2.31 bits per heavy atom. The molecular formula is C10H12ClNO. The lowest BCUT2D eigenvalue weighted by atomic mass is 10.2. The number of anilines is 1. The van der Waals surface area contributed by atoms with E-state index in [2.05, 4.69) is 12.2 Å². The topological polar surface area (TPSA) is 29.1 Å². The van der Waals surface area contributed by atoms with Gasteiger partial charge >= 0.3 is 0 Å². The van der Waals surface area contributed by atoms with Crippen LogP contribution >= 0.6 is 11.6 Å². The molecule has 70 valence electrons. The number of benzene rings is 1. The maximum Gasteiger partial charge on any atom is 0.151 e. The molecule has 2 nitrogen and oxygen atoms in total. The molecule has 1 N–H and O–H groups in total. The van der Waals surface area contributed by atoms with Gasteiger partial charge in [-0.1, -0.05) is 18.5 Å². The summed E-state index contributed by atoms with van der Waals surface area (Å²) in [5, 5.41) is 3.68. The van der Waals surface area contributed by atoms with Crippen molar-refractivity contribution in [1.29, 1.82) is 0 Å². The van der Waals surface area contributed by atoms with Crippen molar-refractivity contribution in [1.82, 2.24) is 0 Å². The van der Waals surface area contributed by atoms with Gasteiger partial charge in [-0.25, -0.2) is 0 Å². The summed E-state index contributed by atoms with van der Waals surface area (Å²) in [5.41, 5.74) is 1.49. The van der Waals surface area contributed by atoms with Gasteiger partial charge in [0.1, 0.15) is 0 Å². The number of hydrogen-bond acceptors (Lipinski definition) is 2. The minimum absolute atomic E-state index is 0.496. The van der Waals surface area contributed by atoms with E-state index in [1.807, 2.05) is 6.07 Å². The Morgan fingerprint density at radius 3 is 2.85 bits per heavy atom. The average Bonchev–Trinajstić information content (AvgIpc) is 2.15. The molecule has 0 fully saturated rings. The molecule has 0 heterocycles. The molecule has 3 heteroatoms. The van der Waals surface area contributed by atoms with Gasteiger partial charge in [-0.15, -0.1) is 0 Å². The predicted molar refractivity (Wildman–Crippen MR) is 55.6 cm³/mol. The molecule has 1 rings (SSSR count). The van der Waals surface area contributed by atoms with Gasteiger partial charge < -0.3 is 5.32 Å². The summed E-state index contributed by atoms with van der Waals surface area (Å²) in [6.07, 6.45) is 1.82. The van der Waals surface area contributed by atoms with Gasteiger partial charge in [-0.2, -0.15) is 0 Å². The second-order valence-electron chi connectivity index (χ2n) is 2.78. The van der Waals surface area contributed by atoms with E-state index in [-0.39, 0.29) is 0 Å². The number of aldehydes is 1. The van der Waals surface area contributed by atoms with Gasteiger partial charge in [0, 0.05) is 17.8 Å². The molecule has 0 radical (unpaired) electrons. The first-order chi connectivity index (χ1) is 6.27. The zero-order chi connectivity index (χ0) is 9.68. The Labute approximate surface area is 82.9 Å². The molecule has 0 aliphatic carbocycles. The van der Waals surface area contributed by atoms with E-state index in [1.54, 1.807) is 12.1 Å². The van der Waals surface area contributed by atoms with Crippen LogP contribution in [-0.2, 0) is 0 Å². The van der Waals surface area contributed by atoms with Crippen molar-refractivity contribution in [2.24, 2.45) is 0 Å². The molecule has 0 aromatic heterocycles. The van der Waals surface area contributed by atoms with E-state index in [0.29, 0.717) is 10.6 Å². The van der Waals surface area contributed by atoms with Crippen molar-refractivity contribution in [3.8, 4) is 0 Å². The Bertz CT molecular complexity index is 299. The van der Waals surface area contributed by atoms with Crippen LogP contribution in [0, 0.1) is 0 Å². The monoisotopic (exact) mass is 197 g/mol. The number of carbonyl (C=O) groups excluding carboxylic acids is 1. The van der Waals surface area contributed by atoms with E-state index in [9.17, 15) is 4.79 Å². The largest absolute Gasteiger partial charge is 0.385 e. The Kier molecular flexibility index (Phi) is 3.77. The van der Waals surface area contributed by atoms with Crippen LogP contribution in [0.15, 0.2) is 18.2 Å². The quantitative estimate of drug-likeness (QED) is 0.752. The Hall–Kier alpha value is -1.02. The highest BCUT2D eigenvalue weighted by molar-refractivity contribution is 6.33. The van der Waals surface area contributed by atoms with Gasteiger partial charge in [-0.3, -0.25) is 4.79 Å². The lowest BCUT2D eigenvalue weighted by molar-refractivity contribution is 0.112. The second kappa shape index (κ2) is 4.87. The highest BCUT2D eigenvalue weighted by Gasteiger charge is 1.99. The summed E-state index contributed by atoms with van der Waals surface area (Å²) >= 11 is 5.84. The standard InChI is InChI=1S/C10H12ClNO/c1-2-5-12-9-4-3-8(7-13)10(11)6-9/h3-4,6-7,12H,2,5H2,1H3. The average molecular weight is 198 g/mol. The summed E-state index contributed by atoms with van der Waals surface area (Å²) < 4.78 is 0. The molecule has 0 aliphatic heterocycles. The molecule has 1 aromatic carbocycles. The van der Waals surface area contributed by atoms with Gasteiger partial charge in [-0.05, 0) is 24.6 Å². The fourth-order valence-corrected chi connectivity index (χ4v) is 1.23. The normalized spacial score (nSPS) is 9.69. The minimum atomic E-state index is 0.496. The first-order valence-electron chi connectivity index (χ1n) is 4.26. The molecule has 0 bridgehead atoms. The van der Waals surface area contributed by atoms with Crippen molar-refractivity contribution >= 4 is 23.6 Å². The maximum absolute atomic E-state index is 10.4.